The zero-order valence-electron chi connectivity index (χ0n) is 18.4. The van der Waals surface area contributed by atoms with E-state index < -0.39 is 26.0 Å². The maximum absolute atomic E-state index is 13.0. The van der Waals surface area contributed by atoms with Gasteiger partial charge in [0.2, 0.25) is 20.0 Å². The molecule has 2 rings (SSSR count). The lowest BCUT2D eigenvalue weighted by molar-refractivity contribution is 0.102. The van der Waals surface area contributed by atoms with E-state index in [4.69, 9.17) is 16.3 Å². The predicted octanol–water partition coefficient (Wildman–Crippen LogP) is 2.88. The summed E-state index contributed by atoms with van der Waals surface area (Å²) in [6.07, 6.45) is 0. The summed E-state index contributed by atoms with van der Waals surface area (Å²) >= 11 is 6.17. The summed E-state index contributed by atoms with van der Waals surface area (Å²) in [7, 11) is -3.42. The van der Waals surface area contributed by atoms with Crippen molar-refractivity contribution >= 4 is 43.2 Å². The average Bonchev–Trinajstić information content (AvgIpc) is 2.74. The van der Waals surface area contributed by atoms with Gasteiger partial charge in [-0.15, -0.1) is 0 Å². The highest BCUT2D eigenvalue weighted by molar-refractivity contribution is 7.89. The minimum atomic E-state index is -3.81. The van der Waals surface area contributed by atoms with E-state index in [-0.39, 0.29) is 44.9 Å². The van der Waals surface area contributed by atoms with Gasteiger partial charge in [0.05, 0.1) is 33.2 Å². The Morgan fingerprint density at radius 3 is 2.06 bits per heavy atom. The Hall–Kier alpha value is -2.18. The zero-order valence-corrected chi connectivity index (χ0v) is 20.8. The highest BCUT2D eigenvalue weighted by Gasteiger charge is 2.25. The van der Waals surface area contributed by atoms with Crippen LogP contribution < -0.4 is 10.1 Å². The number of carbonyl (C=O) groups is 1. The number of ether oxygens (including phenoxy) is 1. The van der Waals surface area contributed by atoms with E-state index in [0.29, 0.717) is 0 Å². The van der Waals surface area contributed by atoms with Crippen LogP contribution in [0.15, 0.2) is 46.2 Å². The second kappa shape index (κ2) is 10.2. The molecule has 0 heterocycles. The molecule has 0 unspecified atom stereocenters. The van der Waals surface area contributed by atoms with Gasteiger partial charge in [0, 0.05) is 27.2 Å². The SMILES string of the molecule is CCN(CC)S(=O)(=O)c1ccc(Cl)c(C(=O)Nc2cc(S(=O)(=O)N(C)C)ccc2OC)c1. The van der Waals surface area contributed by atoms with Crippen LogP contribution >= 0.6 is 11.6 Å². The Bertz CT molecular complexity index is 1210. The number of rotatable bonds is 9. The number of amides is 1. The van der Waals surface area contributed by atoms with E-state index in [1.54, 1.807) is 13.8 Å². The largest absolute Gasteiger partial charge is 0.495 e. The molecule has 32 heavy (non-hydrogen) atoms. The summed E-state index contributed by atoms with van der Waals surface area (Å²) in [5, 5.41) is 2.61. The number of halogens is 1. The van der Waals surface area contributed by atoms with Gasteiger partial charge in [-0.25, -0.2) is 21.1 Å². The van der Waals surface area contributed by atoms with E-state index in [0.717, 1.165) is 4.31 Å². The number of carbonyl (C=O) groups excluding carboxylic acids is 1. The van der Waals surface area contributed by atoms with Crippen LogP contribution in [0.3, 0.4) is 0 Å². The van der Waals surface area contributed by atoms with Crippen LogP contribution in [0.25, 0.3) is 0 Å². The third-order valence-corrected chi connectivity index (χ3v) is 8.91. The van der Waals surface area contributed by atoms with Gasteiger partial charge in [0.1, 0.15) is 5.75 Å². The Morgan fingerprint density at radius 2 is 1.53 bits per heavy atom. The molecule has 9 nitrogen and oxygen atoms in total. The molecule has 0 aliphatic rings. The Balaban J connectivity index is 2.50. The number of hydrogen-bond donors (Lipinski definition) is 1. The molecule has 1 N–H and O–H groups in total. The fourth-order valence-corrected chi connectivity index (χ4v) is 5.51. The Labute approximate surface area is 194 Å². The normalized spacial score (nSPS) is 12.2. The van der Waals surface area contributed by atoms with Crippen LogP contribution in [0.5, 0.6) is 5.75 Å². The van der Waals surface area contributed by atoms with E-state index >= 15 is 0 Å². The van der Waals surface area contributed by atoms with Gasteiger partial charge >= 0.3 is 0 Å². The van der Waals surface area contributed by atoms with Gasteiger partial charge in [-0.1, -0.05) is 25.4 Å². The van der Waals surface area contributed by atoms with Crippen molar-refractivity contribution in [1.29, 1.82) is 0 Å². The molecule has 0 aromatic heterocycles. The lowest BCUT2D eigenvalue weighted by atomic mass is 10.2. The highest BCUT2D eigenvalue weighted by atomic mass is 35.5. The van der Waals surface area contributed by atoms with E-state index in [1.807, 2.05) is 0 Å². The third-order valence-electron chi connectivity index (χ3n) is 4.72. The van der Waals surface area contributed by atoms with Crippen LogP contribution in [-0.4, -0.2) is 65.6 Å². The van der Waals surface area contributed by atoms with Gasteiger partial charge in [-0.2, -0.15) is 4.31 Å². The summed E-state index contributed by atoms with van der Waals surface area (Å²) in [5.74, 6) is -0.497. The van der Waals surface area contributed by atoms with Crippen molar-refractivity contribution in [3.05, 3.63) is 47.0 Å². The minimum Gasteiger partial charge on any atom is -0.495 e. The first-order valence-corrected chi connectivity index (χ1v) is 12.9. The van der Waals surface area contributed by atoms with E-state index in [2.05, 4.69) is 5.32 Å². The molecule has 1 amide bonds. The minimum absolute atomic E-state index is 0.0389. The molecule has 0 aliphatic heterocycles. The van der Waals surface area contributed by atoms with E-state index in [9.17, 15) is 21.6 Å². The second-order valence-corrected chi connectivity index (χ2v) is 11.3. The molecule has 0 bridgehead atoms. The number of anilines is 1. The number of hydrogen-bond acceptors (Lipinski definition) is 6. The lowest BCUT2D eigenvalue weighted by Gasteiger charge is -2.19. The topological polar surface area (TPSA) is 113 Å². The van der Waals surface area contributed by atoms with Crippen LogP contribution in [0.1, 0.15) is 24.2 Å². The number of nitrogens with one attached hydrogen (secondary N) is 1. The summed E-state index contributed by atoms with van der Waals surface area (Å²) in [4.78, 5) is 12.8. The van der Waals surface area contributed by atoms with Crippen molar-refractivity contribution in [3.8, 4) is 5.75 Å². The van der Waals surface area contributed by atoms with Crippen molar-refractivity contribution in [2.24, 2.45) is 0 Å². The maximum Gasteiger partial charge on any atom is 0.257 e. The van der Waals surface area contributed by atoms with Gasteiger partial charge in [0.15, 0.2) is 0 Å². The molecule has 0 radical (unpaired) electrons. The standard InChI is InChI=1S/C20H26ClN3O6S2/c1-6-24(7-2)32(28,29)14-8-10-17(21)16(12-14)20(25)22-18-13-15(9-11-19(18)30-5)31(26,27)23(3)4/h8-13H,6-7H2,1-5H3,(H,22,25). The molecule has 0 aliphatic carbocycles. The van der Waals surface area contributed by atoms with Gasteiger partial charge in [-0.3, -0.25) is 4.79 Å². The molecule has 0 fully saturated rings. The molecule has 2 aromatic carbocycles. The third kappa shape index (κ3) is 5.24. The number of sulfonamides is 2. The summed E-state index contributed by atoms with van der Waals surface area (Å²) in [6, 6.07) is 7.88. The summed E-state index contributed by atoms with van der Waals surface area (Å²) in [5.41, 5.74) is 0.0105. The molecule has 176 valence electrons. The molecule has 0 spiro atoms. The predicted molar refractivity (Wildman–Crippen MR) is 123 cm³/mol. The molecule has 12 heteroatoms. The number of methoxy groups -OCH3 is 1. The number of nitrogens with zero attached hydrogens (tertiary/aromatic N) is 2. The van der Waals surface area contributed by atoms with Gasteiger partial charge in [-0.05, 0) is 36.4 Å². The first-order valence-electron chi connectivity index (χ1n) is 9.61. The van der Waals surface area contributed by atoms with Gasteiger partial charge in [0.25, 0.3) is 5.91 Å². The molecule has 0 saturated heterocycles. The molecule has 0 atom stereocenters. The zero-order chi connectivity index (χ0) is 24.3. The Kier molecular flexibility index (Phi) is 8.29. The van der Waals surface area contributed by atoms with Crippen molar-refractivity contribution in [1.82, 2.24) is 8.61 Å². The fraction of sp³-hybridized carbons (Fsp3) is 0.350. The molecule has 0 saturated carbocycles. The first-order chi connectivity index (χ1) is 14.9. The van der Waals surface area contributed by atoms with Crippen molar-refractivity contribution in [3.63, 3.8) is 0 Å². The van der Waals surface area contributed by atoms with Crippen LogP contribution in [0.2, 0.25) is 5.02 Å². The first kappa shape index (κ1) is 26.1. The quantitative estimate of drug-likeness (QED) is 0.563. The van der Waals surface area contributed by atoms with Crippen molar-refractivity contribution in [2.75, 3.05) is 39.6 Å². The molecule has 2 aromatic rings. The second-order valence-electron chi connectivity index (χ2n) is 6.83. The van der Waals surface area contributed by atoms with E-state index in [1.165, 1.54) is 61.9 Å². The van der Waals surface area contributed by atoms with Crippen LogP contribution in [0, 0.1) is 0 Å². The summed E-state index contributed by atoms with van der Waals surface area (Å²) < 4.78 is 58.1. The van der Waals surface area contributed by atoms with Gasteiger partial charge < -0.3 is 10.1 Å². The lowest BCUT2D eigenvalue weighted by Crippen LogP contribution is -2.30. The molecular weight excluding hydrogens is 478 g/mol. The van der Waals surface area contributed by atoms with Crippen molar-refractivity contribution in [2.45, 2.75) is 23.6 Å². The maximum atomic E-state index is 13.0. The smallest absolute Gasteiger partial charge is 0.257 e. The summed E-state index contributed by atoms with van der Waals surface area (Å²) in [6.45, 7) is 3.97. The monoisotopic (exact) mass is 503 g/mol. The average molecular weight is 504 g/mol. The number of benzene rings is 2. The highest BCUT2D eigenvalue weighted by Crippen LogP contribution is 2.30. The fourth-order valence-electron chi connectivity index (χ4n) is 2.90. The van der Waals surface area contributed by atoms with Crippen LogP contribution in [-0.2, 0) is 20.0 Å². The van der Waals surface area contributed by atoms with Crippen molar-refractivity contribution < 1.29 is 26.4 Å². The Morgan fingerprint density at radius 1 is 0.969 bits per heavy atom. The molecular formula is C20H26ClN3O6S2. The van der Waals surface area contributed by atoms with Crippen LogP contribution in [0.4, 0.5) is 5.69 Å².